The van der Waals surface area contributed by atoms with E-state index in [1.54, 1.807) is 0 Å². The van der Waals surface area contributed by atoms with Crippen molar-refractivity contribution >= 4 is 5.82 Å². The van der Waals surface area contributed by atoms with Crippen LogP contribution in [-0.2, 0) is 4.74 Å². The Hall–Kier alpha value is -2.05. The van der Waals surface area contributed by atoms with E-state index in [1.807, 2.05) is 17.0 Å². The third kappa shape index (κ3) is 4.12. The highest BCUT2D eigenvalue weighted by molar-refractivity contribution is 5.58. The fraction of sp³-hybridized carbons (Fsp3) is 0.524. The van der Waals surface area contributed by atoms with E-state index in [-0.39, 0.29) is 5.82 Å². The van der Waals surface area contributed by atoms with Crippen LogP contribution in [0.25, 0.3) is 11.4 Å². The standard InChI is InChI=1S/C21H27FN4O/c1-16(25-9-3-2-4-10-25)17-5-7-18(8-6-17)20-23-15-19(22)21(24-20)26-11-13-27-14-12-26/h5-8,15-16H,2-4,9-14H2,1H3/t16-/m1/s1. The molecular weight excluding hydrogens is 343 g/mol. The van der Waals surface area contributed by atoms with Gasteiger partial charge in [-0.3, -0.25) is 4.90 Å². The Morgan fingerprint density at radius 2 is 1.70 bits per heavy atom. The molecule has 6 heteroatoms. The van der Waals surface area contributed by atoms with Crippen molar-refractivity contribution in [1.82, 2.24) is 14.9 Å². The average molecular weight is 370 g/mol. The van der Waals surface area contributed by atoms with Gasteiger partial charge in [-0.25, -0.2) is 14.4 Å². The third-order valence-electron chi connectivity index (χ3n) is 5.63. The smallest absolute Gasteiger partial charge is 0.183 e. The van der Waals surface area contributed by atoms with Crippen molar-refractivity contribution in [3.05, 3.63) is 41.8 Å². The number of halogens is 1. The van der Waals surface area contributed by atoms with E-state index in [2.05, 4.69) is 33.9 Å². The second-order valence-electron chi connectivity index (χ2n) is 7.36. The Kier molecular flexibility index (Phi) is 5.64. The molecule has 5 nitrogen and oxygen atoms in total. The largest absolute Gasteiger partial charge is 0.378 e. The second kappa shape index (κ2) is 8.31. The summed E-state index contributed by atoms with van der Waals surface area (Å²) in [6.07, 6.45) is 5.19. The minimum absolute atomic E-state index is 0.370. The van der Waals surface area contributed by atoms with Gasteiger partial charge in [-0.2, -0.15) is 0 Å². The molecule has 1 aromatic heterocycles. The van der Waals surface area contributed by atoms with E-state index < -0.39 is 0 Å². The van der Waals surface area contributed by atoms with Gasteiger partial charge in [0.1, 0.15) is 0 Å². The molecule has 0 amide bonds. The zero-order chi connectivity index (χ0) is 18.6. The van der Waals surface area contributed by atoms with Crippen LogP contribution in [0.15, 0.2) is 30.5 Å². The zero-order valence-corrected chi connectivity index (χ0v) is 15.9. The number of hydrogen-bond donors (Lipinski definition) is 0. The van der Waals surface area contributed by atoms with Crippen LogP contribution in [0.1, 0.15) is 37.8 Å². The van der Waals surface area contributed by atoms with Gasteiger partial charge in [-0.05, 0) is 38.4 Å². The molecule has 2 aromatic rings. The van der Waals surface area contributed by atoms with Crippen molar-refractivity contribution in [1.29, 1.82) is 0 Å². The lowest BCUT2D eigenvalue weighted by Gasteiger charge is -2.32. The molecule has 2 fully saturated rings. The molecule has 0 radical (unpaired) electrons. The number of likely N-dealkylation sites (tertiary alicyclic amines) is 1. The van der Waals surface area contributed by atoms with Gasteiger partial charge in [0.25, 0.3) is 0 Å². The summed E-state index contributed by atoms with van der Waals surface area (Å²) in [5.41, 5.74) is 2.22. The van der Waals surface area contributed by atoms with Crippen molar-refractivity contribution in [3.63, 3.8) is 0 Å². The Bertz CT molecular complexity index is 755. The van der Waals surface area contributed by atoms with Crippen molar-refractivity contribution in [2.45, 2.75) is 32.2 Å². The van der Waals surface area contributed by atoms with Crippen LogP contribution in [0.2, 0.25) is 0 Å². The highest BCUT2D eigenvalue weighted by atomic mass is 19.1. The van der Waals surface area contributed by atoms with E-state index in [0.717, 1.165) is 5.56 Å². The predicted molar refractivity (Wildman–Crippen MR) is 104 cm³/mol. The van der Waals surface area contributed by atoms with E-state index in [0.29, 0.717) is 44.0 Å². The van der Waals surface area contributed by atoms with Crippen LogP contribution in [-0.4, -0.2) is 54.3 Å². The van der Waals surface area contributed by atoms with Gasteiger partial charge >= 0.3 is 0 Å². The number of ether oxygens (including phenoxy) is 1. The maximum absolute atomic E-state index is 14.2. The van der Waals surface area contributed by atoms with Crippen molar-refractivity contribution in [3.8, 4) is 11.4 Å². The molecule has 0 unspecified atom stereocenters. The molecule has 2 aliphatic heterocycles. The first-order valence-electron chi connectivity index (χ1n) is 9.92. The lowest BCUT2D eigenvalue weighted by molar-refractivity contribution is 0.122. The molecule has 0 saturated carbocycles. The van der Waals surface area contributed by atoms with Crippen molar-refractivity contribution in [2.75, 3.05) is 44.3 Å². The van der Waals surface area contributed by atoms with Gasteiger partial charge < -0.3 is 9.64 Å². The lowest BCUT2D eigenvalue weighted by atomic mass is 10.0. The summed E-state index contributed by atoms with van der Waals surface area (Å²) < 4.78 is 19.6. The lowest BCUT2D eigenvalue weighted by Crippen LogP contribution is -2.37. The topological polar surface area (TPSA) is 41.5 Å². The quantitative estimate of drug-likeness (QED) is 0.821. The minimum atomic E-state index is -0.379. The SMILES string of the molecule is C[C@H](c1ccc(-c2ncc(F)c(N3CCOCC3)n2)cc1)N1CCCCC1. The molecule has 0 aliphatic carbocycles. The first kappa shape index (κ1) is 18.3. The zero-order valence-electron chi connectivity index (χ0n) is 15.9. The number of benzene rings is 1. The molecule has 0 bridgehead atoms. The molecule has 0 N–H and O–H groups in total. The van der Waals surface area contributed by atoms with Crippen LogP contribution in [0, 0.1) is 5.82 Å². The summed E-state index contributed by atoms with van der Waals surface area (Å²) >= 11 is 0. The molecule has 2 aliphatic rings. The fourth-order valence-electron chi connectivity index (χ4n) is 3.92. The van der Waals surface area contributed by atoms with Crippen LogP contribution in [0.4, 0.5) is 10.2 Å². The van der Waals surface area contributed by atoms with Crippen LogP contribution in [0.3, 0.4) is 0 Å². The Morgan fingerprint density at radius 1 is 1.00 bits per heavy atom. The molecule has 0 spiro atoms. The fourth-order valence-corrected chi connectivity index (χ4v) is 3.92. The Labute approximate surface area is 160 Å². The number of anilines is 1. The summed E-state index contributed by atoms with van der Waals surface area (Å²) in [5, 5.41) is 0. The highest BCUT2D eigenvalue weighted by Gasteiger charge is 2.20. The van der Waals surface area contributed by atoms with Gasteiger partial charge in [-0.15, -0.1) is 0 Å². The molecular formula is C21H27FN4O. The van der Waals surface area contributed by atoms with Crippen LogP contribution >= 0.6 is 0 Å². The van der Waals surface area contributed by atoms with Gasteiger partial charge in [0, 0.05) is 24.7 Å². The van der Waals surface area contributed by atoms with Gasteiger partial charge in [0.15, 0.2) is 17.5 Å². The monoisotopic (exact) mass is 370 g/mol. The Balaban J connectivity index is 1.53. The summed E-state index contributed by atoms with van der Waals surface area (Å²) in [6, 6.07) is 8.81. The summed E-state index contributed by atoms with van der Waals surface area (Å²) in [6.45, 7) is 7.12. The average Bonchev–Trinajstić information content (AvgIpc) is 2.75. The molecule has 4 rings (SSSR count). The number of nitrogens with zero attached hydrogens (tertiary/aromatic N) is 4. The summed E-state index contributed by atoms with van der Waals surface area (Å²) in [5.74, 6) is 0.556. The minimum Gasteiger partial charge on any atom is -0.378 e. The number of morpholine rings is 1. The molecule has 3 heterocycles. The van der Waals surface area contributed by atoms with Gasteiger partial charge in [0.2, 0.25) is 0 Å². The highest BCUT2D eigenvalue weighted by Crippen LogP contribution is 2.27. The third-order valence-corrected chi connectivity index (χ3v) is 5.63. The normalized spacial score (nSPS) is 19.9. The molecule has 144 valence electrons. The maximum atomic E-state index is 14.2. The Morgan fingerprint density at radius 3 is 2.41 bits per heavy atom. The number of rotatable bonds is 4. The van der Waals surface area contributed by atoms with E-state index in [4.69, 9.17) is 4.74 Å². The van der Waals surface area contributed by atoms with Crippen LogP contribution in [0.5, 0.6) is 0 Å². The van der Waals surface area contributed by atoms with Crippen LogP contribution < -0.4 is 4.90 Å². The van der Waals surface area contributed by atoms with E-state index in [9.17, 15) is 4.39 Å². The molecule has 2 saturated heterocycles. The maximum Gasteiger partial charge on any atom is 0.183 e. The van der Waals surface area contributed by atoms with E-state index in [1.165, 1.54) is 44.1 Å². The van der Waals surface area contributed by atoms with Gasteiger partial charge in [-0.1, -0.05) is 30.7 Å². The van der Waals surface area contributed by atoms with E-state index >= 15 is 0 Å². The first-order chi connectivity index (χ1) is 13.2. The second-order valence-corrected chi connectivity index (χ2v) is 7.36. The molecule has 1 atom stereocenters. The molecule has 27 heavy (non-hydrogen) atoms. The number of aromatic nitrogens is 2. The first-order valence-corrected chi connectivity index (χ1v) is 9.92. The summed E-state index contributed by atoms with van der Waals surface area (Å²) in [4.78, 5) is 13.2. The van der Waals surface area contributed by atoms with Crippen molar-refractivity contribution in [2.24, 2.45) is 0 Å². The molecule has 1 aromatic carbocycles. The van der Waals surface area contributed by atoms with Gasteiger partial charge in [0.05, 0.1) is 19.4 Å². The number of hydrogen-bond acceptors (Lipinski definition) is 5. The van der Waals surface area contributed by atoms with Crippen molar-refractivity contribution < 1.29 is 9.13 Å². The predicted octanol–water partition coefficient (Wildman–Crippen LogP) is 3.67. The number of piperidine rings is 1. The summed E-state index contributed by atoms with van der Waals surface area (Å²) in [7, 11) is 0.